The van der Waals surface area contributed by atoms with Gasteiger partial charge in [0.25, 0.3) is 0 Å². The molecule has 0 bridgehead atoms. The van der Waals surface area contributed by atoms with Gasteiger partial charge in [0.2, 0.25) is 0 Å². The van der Waals surface area contributed by atoms with Crippen LogP contribution in [0.1, 0.15) is 35.2 Å². The third-order valence-electron chi connectivity index (χ3n) is 3.32. The molecule has 1 N–H and O–H groups in total. The van der Waals surface area contributed by atoms with Crippen LogP contribution in [0.3, 0.4) is 0 Å². The molecule has 0 saturated heterocycles. The van der Waals surface area contributed by atoms with Gasteiger partial charge in [0, 0.05) is 0 Å². The summed E-state index contributed by atoms with van der Waals surface area (Å²) in [5.41, 5.74) is 5.66. The Balaban J connectivity index is 2.05. The summed E-state index contributed by atoms with van der Waals surface area (Å²) in [5.74, 6) is 0. The number of fused-ring (bicyclic) bond motifs is 1. The summed E-state index contributed by atoms with van der Waals surface area (Å²) in [6.07, 6.45) is 8.95. The number of nitriles is 1. The average Bonchev–Trinajstić information content (AvgIpc) is 2.91. The van der Waals surface area contributed by atoms with Crippen LogP contribution in [-0.2, 0) is 6.42 Å². The quantitative estimate of drug-likeness (QED) is 0.825. The summed E-state index contributed by atoms with van der Waals surface area (Å²) < 4.78 is 0. The molecule has 1 aliphatic carbocycles. The van der Waals surface area contributed by atoms with Gasteiger partial charge < -0.3 is 4.98 Å². The number of rotatable bonds is 1. The number of hydrogen-bond acceptors (Lipinski definition) is 2. The Morgan fingerprint density at radius 3 is 3.06 bits per heavy atom. The molecule has 1 aliphatic rings. The van der Waals surface area contributed by atoms with Gasteiger partial charge in [0.05, 0.1) is 29.9 Å². The molecule has 3 heteroatoms. The largest absolute Gasteiger partial charge is 0.345 e. The molecule has 0 aliphatic heterocycles. The minimum Gasteiger partial charge on any atom is -0.345 e. The normalized spacial score (nSPS) is 16.3. The maximum atomic E-state index is 8.93. The zero-order valence-electron chi connectivity index (χ0n) is 9.98. The van der Waals surface area contributed by atoms with Crippen molar-refractivity contribution in [3.8, 4) is 6.07 Å². The van der Waals surface area contributed by atoms with Crippen molar-refractivity contribution in [2.75, 3.05) is 0 Å². The van der Waals surface area contributed by atoms with E-state index in [0.717, 1.165) is 30.5 Å². The van der Waals surface area contributed by atoms with Crippen molar-refractivity contribution >= 4 is 11.6 Å². The third-order valence-corrected chi connectivity index (χ3v) is 3.32. The first-order chi connectivity index (χ1) is 8.86. The predicted molar refractivity (Wildman–Crippen MR) is 70.6 cm³/mol. The summed E-state index contributed by atoms with van der Waals surface area (Å²) in [6.45, 7) is 0. The van der Waals surface area contributed by atoms with Crippen molar-refractivity contribution in [1.82, 2.24) is 9.97 Å². The Morgan fingerprint density at radius 1 is 1.33 bits per heavy atom. The first kappa shape index (κ1) is 10.8. The van der Waals surface area contributed by atoms with E-state index in [-0.39, 0.29) is 0 Å². The lowest BCUT2D eigenvalue weighted by atomic mass is 9.86. The summed E-state index contributed by atoms with van der Waals surface area (Å²) in [6, 6.07) is 8.17. The Morgan fingerprint density at radius 2 is 2.28 bits per heavy atom. The van der Waals surface area contributed by atoms with Crippen molar-refractivity contribution in [3.63, 3.8) is 0 Å². The minimum absolute atomic E-state index is 0.747. The Labute approximate surface area is 106 Å². The van der Waals surface area contributed by atoms with Gasteiger partial charge >= 0.3 is 0 Å². The number of benzene rings is 1. The van der Waals surface area contributed by atoms with E-state index in [2.05, 4.69) is 28.2 Å². The highest BCUT2D eigenvalue weighted by Gasteiger charge is 2.14. The molecule has 0 amide bonds. The Hall–Kier alpha value is -2.34. The summed E-state index contributed by atoms with van der Waals surface area (Å²) in [7, 11) is 0. The van der Waals surface area contributed by atoms with Gasteiger partial charge in [-0.1, -0.05) is 6.07 Å². The summed E-state index contributed by atoms with van der Waals surface area (Å²) in [5, 5.41) is 8.93. The number of imidazole rings is 1. The van der Waals surface area contributed by atoms with E-state index in [4.69, 9.17) is 5.26 Å². The number of H-pyrrole nitrogens is 1. The van der Waals surface area contributed by atoms with Crippen LogP contribution in [0.5, 0.6) is 0 Å². The molecular formula is C15H13N3. The third kappa shape index (κ3) is 1.93. The lowest BCUT2D eigenvalue weighted by molar-refractivity contribution is 0.823. The van der Waals surface area contributed by atoms with Gasteiger partial charge in [-0.25, -0.2) is 4.98 Å². The average molecular weight is 235 g/mol. The molecule has 0 unspecified atom stereocenters. The van der Waals surface area contributed by atoms with E-state index in [1.54, 1.807) is 6.33 Å². The molecule has 3 rings (SSSR count). The van der Waals surface area contributed by atoms with Gasteiger partial charge in [-0.3, -0.25) is 0 Å². The highest BCUT2D eigenvalue weighted by atomic mass is 14.8. The monoisotopic (exact) mass is 235 g/mol. The SMILES string of the molecule is N#Cc1ccc2c(c1)CCC/C2=C\c1cnc[nH]1. The Bertz CT molecular complexity index is 630. The van der Waals surface area contributed by atoms with Crippen LogP contribution >= 0.6 is 0 Å². The van der Waals surface area contributed by atoms with E-state index >= 15 is 0 Å². The van der Waals surface area contributed by atoms with Crippen LogP contribution in [0, 0.1) is 11.3 Å². The number of aromatic nitrogens is 2. The molecule has 0 atom stereocenters. The maximum absolute atomic E-state index is 8.93. The van der Waals surface area contributed by atoms with Crippen molar-refractivity contribution in [1.29, 1.82) is 5.26 Å². The second-order valence-electron chi connectivity index (χ2n) is 4.51. The van der Waals surface area contributed by atoms with Crippen LogP contribution in [0.4, 0.5) is 0 Å². The van der Waals surface area contributed by atoms with Crippen molar-refractivity contribution in [3.05, 3.63) is 53.1 Å². The fourth-order valence-corrected chi connectivity index (χ4v) is 2.47. The van der Waals surface area contributed by atoms with Crippen LogP contribution < -0.4 is 0 Å². The predicted octanol–water partition coefficient (Wildman–Crippen LogP) is 3.16. The van der Waals surface area contributed by atoms with Crippen LogP contribution in [0.2, 0.25) is 0 Å². The van der Waals surface area contributed by atoms with Crippen LogP contribution in [-0.4, -0.2) is 9.97 Å². The molecular weight excluding hydrogens is 222 g/mol. The molecule has 1 heterocycles. The van der Waals surface area contributed by atoms with Crippen molar-refractivity contribution < 1.29 is 0 Å². The van der Waals surface area contributed by atoms with Gasteiger partial charge in [0.1, 0.15) is 0 Å². The number of nitrogens with zero attached hydrogens (tertiary/aromatic N) is 2. The molecule has 0 fully saturated rings. The van der Waals surface area contributed by atoms with Gasteiger partial charge in [-0.05, 0) is 54.2 Å². The number of aromatic amines is 1. The van der Waals surface area contributed by atoms with E-state index in [1.165, 1.54) is 16.7 Å². The van der Waals surface area contributed by atoms with E-state index in [9.17, 15) is 0 Å². The second kappa shape index (κ2) is 4.50. The van der Waals surface area contributed by atoms with Crippen molar-refractivity contribution in [2.24, 2.45) is 0 Å². The zero-order valence-corrected chi connectivity index (χ0v) is 9.98. The summed E-state index contributed by atoms with van der Waals surface area (Å²) in [4.78, 5) is 7.13. The molecule has 18 heavy (non-hydrogen) atoms. The lowest BCUT2D eigenvalue weighted by Gasteiger charge is -2.19. The summed E-state index contributed by atoms with van der Waals surface area (Å²) >= 11 is 0. The fraction of sp³-hybridized carbons (Fsp3) is 0.200. The fourth-order valence-electron chi connectivity index (χ4n) is 2.47. The first-order valence-corrected chi connectivity index (χ1v) is 6.09. The molecule has 2 aromatic rings. The number of aryl methyl sites for hydroxylation is 1. The number of nitrogens with one attached hydrogen (secondary N) is 1. The molecule has 1 aromatic carbocycles. The highest BCUT2D eigenvalue weighted by Crippen LogP contribution is 2.32. The number of hydrogen-bond donors (Lipinski definition) is 1. The van der Waals surface area contributed by atoms with Crippen LogP contribution in [0.15, 0.2) is 30.7 Å². The minimum atomic E-state index is 0.747. The molecule has 0 radical (unpaired) electrons. The second-order valence-corrected chi connectivity index (χ2v) is 4.51. The van der Waals surface area contributed by atoms with Gasteiger partial charge in [0.15, 0.2) is 0 Å². The van der Waals surface area contributed by atoms with Gasteiger partial charge in [-0.2, -0.15) is 5.26 Å². The van der Waals surface area contributed by atoms with E-state index in [1.807, 2.05) is 18.3 Å². The molecule has 1 aromatic heterocycles. The lowest BCUT2D eigenvalue weighted by Crippen LogP contribution is -2.02. The zero-order chi connectivity index (χ0) is 12.4. The topological polar surface area (TPSA) is 52.5 Å². The van der Waals surface area contributed by atoms with E-state index in [0.29, 0.717) is 0 Å². The molecule has 0 spiro atoms. The highest BCUT2D eigenvalue weighted by molar-refractivity contribution is 5.83. The van der Waals surface area contributed by atoms with Gasteiger partial charge in [-0.15, -0.1) is 0 Å². The van der Waals surface area contributed by atoms with Crippen molar-refractivity contribution in [2.45, 2.75) is 19.3 Å². The first-order valence-electron chi connectivity index (χ1n) is 6.09. The standard InChI is InChI=1S/C15H13N3/c16-8-11-4-5-15-12(6-11)2-1-3-13(15)7-14-9-17-10-18-14/h4-7,9-10H,1-3H2,(H,17,18)/b13-7+. The number of allylic oxidation sites excluding steroid dienone is 1. The maximum Gasteiger partial charge on any atom is 0.0991 e. The Kier molecular flexibility index (Phi) is 2.70. The molecule has 3 nitrogen and oxygen atoms in total. The molecule has 0 saturated carbocycles. The smallest absolute Gasteiger partial charge is 0.0991 e. The van der Waals surface area contributed by atoms with E-state index < -0.39 is 0 Å². The van der Waals surface area contributed by atoms with Crippen LogP contribution in [0.25, 0.3) is 11.6 Å². The molecule has 88 valence electrons.